The SMILES string of the molecule is CS(=O)(=O)N(Cc1cc(F)c2c(c1)COB2O)c1cc2oc(-c3ccc(F)cc3)c(C(N)=O)c2cc1C1CC1. The van der Waals surface area contributed by atoms with E-state index in [0.717, 1.165) is 19.1 Å². The molecule has 0 atom stereocenters. The maximum absolute atomic E-state index is 14.8. The lowest BCUT2D eigenvalue weighted by Crippen LogP contribution is -2.33. The molecule has 0 saturated heterocycles. The van der Waals surface area contributed by atoms with Gasteiger partial charge in [-0.15, -0.1) is 0 Å². The quantitative estimate of drug-likeness (QED) is 0.338. The molecule has 0 spiro atoms. The molecule has 1 aliphatic heterocycles. The van der Waals surface area contributed by atoms with Gasteiger partial charge in [0, 0.05) is 22.5 Å². The summed E-state index contributed by atoms with van der Waals surface area (Å²) in [6.07, 6.45) is 2.71. The van der Waals surface area contributed by atoms with E-state index in [-0.39, 0.29) is 41.4 Å². The lowest BCUT2D eigenvalue weighted by molar-refractivity contribution is 0.100. The number of halogens is 2. The number of primary amides is 1. The first-order valence-electron chi connectivity index (χ1n) is 12.3. The van der Waals surface area contributed by atoms with Crippen molar-refractivity contribution in [3.63, 3.8) is 0 Å². The van der Waals surface area contributed by atoms with Crippen molar-refractivity contribution in [2.75, 3.05) is 10.6 Å². The fraction of sp³-hybridized carbons (Fsp3) is 0.222. The number of carbonyl (C=O) groups is 1. The number of sulfonamides is 1. The molecule has 0 radical (unpaired) electrons. The van der Waals surface area contributed by atoms with Crippen LogP contribution in [0.25, 0.3) is 22.3 Å². The van der Waals surface area contributed by atoms with E-state index >= 15 is 0 Å². The van der Waals surface area contributed by atoms with Gasteiger partial charge >= 0.3 is 7.12 Å². The number of nitrogens with two attached hydrogens (primary N) is 1. The number of carbonyl (C=O) groups excluding carboxylic acids is 1. The van der Waals surface area contributed by atoms with E-state index in [9.17, 15) is 27.0 Å². The average Bonchev–Trinajstić information content (AvgIpc) is 3.54. The third-order valence-corrected chi connectivity index (χ3v) is 8.25. The van der Waals surface area contributed by atoms with Gasteiger partial charge in [0.25, 0.3) is 5.91 Å². The minimum atomic E-state index is -3.87. The van der Waals surface area contributed by atoms with Crippen molar-refractivity contribution in [2.45, 2.75) is 31.9 Å². The van der Waals surface area contributed by atoms with Gasteiger partial charge in [0.1, 0.15) is 23.0 Å². The van der Waals surface area contributed by atoms with E-state index in [1.165, 1.54) is 34.6 Å². The van der Waals surface area contributed by atoms with Crippen LogP contribution in [-0.4, -0.2) is 32.7 Å². The van der Waals surface area contributed by atoms with Gasteiger partial charge in [0.05, 0.1) is 30.7 Å². The smallest absolute Gasteiger partial charge is 0.455 e. The molecular weight excluding hydrogens is 529 g/mol. The maximum Gasteiger partial charge on any atom is 0.494 e. The minimum absolute atomic E-state index is 0.00781. The van der Waals surface area contributed by atoms with E-state index in [0.29, 0.717) is 33.3 Å². The zero-order valence-corrected chi connectivity index (χ0v) is 21.6. The molecule has 200 valence electrons. The van der Waals surface area contributed by atoms with Crippen molar-refractivity contribution in [2.24, 2.45) is 5.73 Å². The Bertz CT molecular complexity index is 1750. The topological polar surface area (TPSA) is 123 Å². The van der Waals surface area contributed by atoms with E-state index in [1.54, 1.807) is 18.2 Å². The Morgan fingerprint density at radius 2 is 1.87 bits per heavy atom. The van der Waals surface area contributed by atoms with Crippen LogP contribution in [-0.2, 0) is 27.8 Å². The minimum Gasteiger partial charge on any atom is -0.455 e. The second kappa shape index (κ2) is 9.18. The summed E-state index contributed by atoms with van der Waals surface area (Å²) in [6, 6.07) is 11.5. The molecule has 3 N–H and O–H groups in total. The number of hydrogen-bond acceptors (Lipinski definition) is 6. The molecule has 0 unspecified atom stereocenters. The lowest BCUT2D eigenvalue weighted by Gasteiger charge is -2.25. The Labute approximate surface area is 223 Å². The molecule has 4 aromatic rings. The van der Waals surface area contributed by atoms with Crippen LogP contribution in [0.5, 0.6) is 0 Å². The summed E-state index contributed by atoms with van der Waals surface area (Å²) in [7, 11) is -5.24. The standard InChI is InChI=1S/C27H23BF2N2O6S/c1-39(35,36)32(12-14-8-17-13-37-28(34)25(17)21(30)9-14)22-11-23-20(10-19(22)15-2-3-15)24(27(31)33)26(38-23)16-4-6-18(29)7-5-16/h4-11,15,34H,2-3,12-13H2,1H3,(H2,31,33). The predicted octanol–water partition coefficient (Wildman–Crippen LogP) is 3.54. The third-order valence-electron chi connectivity index (χ3n) is 7.12. The lowest BCUT2D eigenvalue weighted by atomic mass is 9.78. The average molecular weight is 552 g/mol. The van der Waals surface area contributed by atoms with Crippen LogP contribution < -0.4 is 15.5 Å². The molecule has 1 amide bonds. The summed E-state index contributed by atoms with van der Waals surface area (Å²) < 4.78 is 66.9. The van der Waals surface area contributed by atoms with Gasteiger partial charge in [-0.25, -0.2) is 17.2 Å². The molecular formula is C27H23BF2N2O6S. The predicted molar refractivity (Wildman–Crippen MR) is 142 cm³/mol. The molecule has 1 aliphatic carbocycles. The van der Waals surface area contributed by atoms with E-state index in [2.05, 4.69) is 0 Å². The van der Waals surface area contributed by atoms with Crippen molar-refractivity contribution in [3.05, 3.63) is 82.4 Å². The van der Waals surface area contributed by atoms with Crippen LogP contribution in [0.15, 0.2) is 52.9 Å². The highest BCUT2D eigenvalue weighted by molar-refractivity contribution is 7.92. The van der Waals surface area contributed by atoms with E-state index in [1.807, 2.05) is 0 Å². The highest BCUT2D eigenvalue weighted by atomic mass is 32.2. The molecule has 0 bridgehead atoms. The van der Waals surface area contributed by atoms with Gasteiger partial charge in [-0.1, -0.05) is 6.07 Å². The number of furan rings is 1. The van der Waals surface area contributed by atoms with Crippen LogP contribution >= 0.6 is 0 Å². The fourth-order valence-corrected chi connectivity index (χ4v) is 6.06. The molecule has 2 heterocycles. The Morgan fingerprint density at radius 1 is 1.15 bits per heavy atom. The molecule has 8 nitrogen and oxygen atoms in total. The van der Waals surface area contributed by atoms with Crippen LogP contribution in [0.1, 0.15) is 45.8 Å². The van der Waals surface area contributed by atoms with Gasteiger partial charge in [-0.2, -0.15) is 0 Å². The zero-order chi connectivity index (χ0) is 27.6. The Hall–Kier alpha value is -3.74. The van der Waals surface area contributed by atoms with Crippen LogP contribution in [0, 0.1) is 11.6 Å². The summed E-state index contributed by atoms with van der Waals surface area (Å²) >= 11 is 0. The number of benzene rings is 3. The molecule has 2 aliphatic rings. The number of fused-ring (bicyclic) bond motifs is 2. The molecule has 6 rings (SSSR count). The summed E-state index contributed by atoms with van der Waals surface area (Å²) in [4.78, 5) is 12.5. The van der Waals surface area contributed by atoms with Crippen LogP contribution in [0.3, 0.4) is 0 Å². The number of hydrogen-bond donors (Lipinski definition) is 2. The van der Waals surface area contributed by atoms with Gasteiger partial charge in [-0.05, 0) is 71.8 Å². The molecule has 1 aromatic heterocycles. The van der Waals surface area contributed by atoms with Crippen molar-refractivity contribution < 1.29 is 36.1 Å². The normalized spacial score (nSPS) is 15.1. The first-order chi connectivity index (χ1) is 18.5. The van der Waals surface area contributed by atoms with Crippen molar-refractivity contribution in [1.82, 2.24) is 0 Å². The van der Waals surface area contributed by atoms with Gasteiger partial charge < -0.3 is 19.8 Å². The summed E-state index contributed by atoms with van der Waals surface area (Å²) in [5, 5.41) is 10.3. The van der Waals surface area contributed by atoms with E-state index in [4.69, 9.17) is 14.8 Å². The van der Waals surface area contributed by atoms with Crippen molar-refractivity contribution >= 4 is 45.2 Å². The first kappa shape index (κ1) is 25.5. The number of anilines is 1. The first-order valence-corrected chi connectivity index (χ1v) is 14.1. The maximum atomic E-state index is 14.8. The highest BCUT2D eigenvalue weighted by Crippen LogP contribution is 2.48. The Morgan fingerprint density at radius 3 is 2.51 bits per heavy atom. The fourth-order valence-electron chi connectivity index (χ4n) is 5.16. The van der Waals surface area contributed by atoms with Crippen molar-refractivity contribution in [1.29, 1.82) is 0 Å². The molecule has 3 aromatic carbocycles. The number of amides is 1. The second-order valence-electron chi connectivity index (χ2n) is 9.94. The van der Waals surface area contributed by atoms with E-state index < -0.39 is 34.7 Å². The van der Waals surface area contributed by atoms with Gasteiger partial charge in [0.2, 0.25) is 10.0 Å². The largest absolute Gasteiger partial charge is 0.494 e. The molecule has 1 fully saturated rings. The van der Waals surface area contributed by atoms with Gasteiger partial charge in [-0.3, -0.25) is 9.10 Å². The number of rotatable bonds is 7. The zero-order valence-electron chi connectivity index (χ0n) is 20.8. The Kier molecular flexibility index (Phi) is 6.01. The molecule has 1 saturated carbocycles. The second-order valence-corrected chi connectivity index (χ2v) is 11.8. The van der Waals surface area contributed by atoms with Crippen molar-refractivity contribution in [3.8, 4) is 11.3 Å². The van der Waals surface area contributed by atoms with Gasteiger partial charge in [0.15, 0.2) is 0 Å². The summed E-state index contributed by atoms with van der Waals surface area (Å²) in [5.41, 5.74) is 8.44. The molecule has 39 heavy (non-hydrogen) atoms. The third kappa shape index (κ3) is 4.58. The van der Waals surface area contributed by atoms with Crippen LogP contribution in [0.2, 0.25) is 0 Å². The number of nitrogens with zero attached hydrogens (tertiary/aromatic N) is 1. The van der Waals surface area contributed by atoms with Crippen LogP contribution in [0.4, 0.5) is 14.5 Å². The summed E-state index contributed by atoms with van der Waals surface area (Å²) in [5.74, 6) is -1.66. The molecule has 12 heteroatoms. The summed E-state index contributed by atoms with van der Waals surface area (Å²) in [6.45, 7) is -0.174. The Balaban J connectivity index is 1.51. The highest BCUT2D eigenvalue weighted by Gasteiger charge is 2.35. The monoisotopic (exact) mass is 552 g/mol.